The van der Waals surface area contributed by atoms with Crippen molar-refractivity contribution in [1.29, 1.82) is 0 Å². The zero-order valence-corrected chi connectivity index (χ0v) is 15.1. The second-order valence-electron chi connectivity index (χ2n) is 5.75. The van der Waals surface area contributed by atoms with Crippen LogP contribution in [0.1, 0.15) is 25.5 Å². The van der Waals surface area contributed by atoms with Crippen LogP contribution in [0.3, 0.4) is 0 Å². The molecule has 124 valence electrons. The first-order chi connectivity index (χ1) is 10.5. The van der Waals surface area contributed by atoms with E-state index in [0.717, 1.165) is 26.2 Å². The van der Waals surface area contributed by atoms with Crippen LogP contribution >= 0.6 is 11.3 Å². The fraction of sp³-hybridized carbons (Fsp3) is 0.667. The molecule has 1 aliphatic heterocycles. The molecule has 1 aliphatic rings. The molecule has 2 rings (SSSR count). The highest BCUT2D eigenvalue weighted by Gasteiger charge is 2.25. The number of nitrogens with one attached hydrogen (secondary N) is 1. The van der Waals surface area contributed by atoms with Crippen LogP contribution in [0.15, 0.2) is 16.8 Å². The zero-order valence-electron chi connectivity index (χ0n) is 13.4. The van der Waals surface area contributed by atoms with Crippen molar-refractivity contribution in [3.63, 3.8) is 0 Å². The first-order valence-electron chi connectivity index (χ1n) is 7.60. The van der Waals surface area contributed by atoms with Crippen molar-refractivity contribution in [3.8, 4) is 0 Å². The van der Waals surface area contributed by atoms with E-state index in [1.54, 1.807) is 17.6 Å². The van der Waals surface area contributed by atoms with Gasteiger partial charge >= 0.3 is 6.03 Å². The minimum Gasteiger partial charge on any atom is -0.337 e. The summed E-state index contributed by atoms with van der Waals surface area (Å²) in [5, 5.41) is 7.17. The van der Waals surface area contributed by atoms with E-state index in [9.17, 15) is 9.00 Å². The third-order valence-electron chi connectivity index (χ3n) is 4.28. The predicted molar refractivity (Wildman–Crippen MR) is 92.8 cm³/mol. The minimum absolute atomic E-state index is 0.0103. The number of rotatable bonds is 5. The van der Waals surface area contributed by atoms with Crippen molar-refractivity contribution in [3.05, 3.63) is 22.4 Å². The summed E-state index contributed by atoms with van der Waals surface area (Å²) >= 11 is 1.72. The highest BCUT2D eigenvalue weighted by molar-refractivity contribution is 7.84. The summed E-state index contributed by atoms with van der Waals surface area (Å²) in [7, 11) is -0.901. The average molecular weight is 344 g/mol. The highest BCUT2D eigenvalue weighted by Crippen LogP contribution is 2.23. The molecule has 0 spiro atoms. The quantitative estimate of drug-likeness (QED) is 0.888. The van der Waals surface area contributed by atoms with Gasteiger partial charge in [0.15, 0.2) is 0 Å². The molecule has 1 aromatic heterocycles. The molecule has 0 unspecified atom stereocenters. The Labute approximate surface area is 139 Å². The molecule has 0 aromatic carbocycles. The standard InChI is InChI=1S/C15H25N3O2S2/c1-12(22(3)20)10-16-15(19)18-7-5-17(6-8-18)13(2)14-4-9-21-11-14/h4,9,11-13H,5-8,10H2,1-3H3,(H,16,19)/t12-,13+,22-/m0/s1. The van der Waals surface area contributed by atoms with Gasteiger partial charge in [-0.2, -0.15) is 11.3 Å². The summed E-state index contributed by atoms with van der Waals surface area (Å²) in [5.41, 5.74) is 1.35. The maximum Gasteiger partial charge on any atom is 0.317 e. The van der Waals surface area contributed by atoms with Crippen LogP contribution in [0.2, 0.25) is 0 Å². The summed E-state index contributed by atoms with van der Waals surface area (Å²) in [6.45, 7) is 7.83. The lowest BCUT2D eigenvalue weighted by atomic mass is 10.1. The van der Waals surface area contributed by atoms with Gasteiger partial charge in [-0.25, -0.2) is 4.79 Å². The van der Waals surface area contributed by atoms with E-state index in [-0.39, 0.29) is 11.3 Å². The molecular formula is C15H25N3O2S2. The molecule has 2 amide bonds. The molecular weight excluding hydrogens is 318 g/mol. The van der Waals surface area contributed by atoms with Crippen LogP contribution < -0.4 is 5.32 Å². The van der Waals surface area contributed by atoms with E-state index in [1.165, 1.54) is 5.56 Å². The molecule has 3 atom stereocenters. The molecule has 22 heavy (non-hydrogen) atoms. The molecule has 0 aliphatic carbocycles. The summed E-state index contributed by atoms with van der Waals surface area (Å²) in [6, 6.07) is 2.53. The third-order valence-corrected chi connectivity index (χ3v) is 6.28. The van der Waals surface area contributed by atoms with Crippen molar-refractivity contribution in [2.45, 2.75) is 25.1 Å². The Morgan fingerprint density at radius 3 is 2.59 bits per heavy atom. The van der Waals surface area contributed by atoms with Gasteiger partial charge in [0.2, 0.25) is 0 Å². The second kappa shape index (κ2) is 8.08. The Kier molecular flexibility index (Phi) is 6.40. The molecule has 1 N–H and O–H groups in total. The van der Waals surface area contributed by atoms with Gasteiger partial charge in [-0.1, -0.05) is 0 Å². The van der Waals surface area contributed by atoms with Gasteiger partial charge in [0.1, 0.15) is 0 Å². The third kappa shape index (κ3) is 4.54. The van der Waals surface area contributed by atoms with Gasteiger partial charge in [-0.3, -0.25) is 9.11 Å². The van der Waals surface area contributed by atoms with Gasteiger partial charge in [0.25, 0.3) is 0 Å². The van der Waals surface area contributed by atoms with Gasteiger partial charge in [-0.05, 0) is 36.2 Å². The SMILES string of the molecule is C[C@H](c1ccsc1)N1CCN(C(=O)NC[C@H](C)[S@](C)=O)CC1. The number of thiophene rings is 1. The molecule has 1 fully saturated rings. The Bertz CT molecular complexity index is 499. The van der Waals surface area contributed by atoms with Crippen molar-refractivity contribution >= 4 is 28.2 Å². The lowest BCUT2D eigenvalue weighted by Crippen LogP contribution is -2.52. The number of piperazine rings is 1. The van der Waals surface area contributed by atoms with E-state index < -0.39 is 10.8 Å². The summed E-state index contributed by atoms with van der Waals surface area (Å²) in [6.07, 6.45) is 1.67. The van der Waals surface area contributed by atoms with Crippen LogP contribution in [0, 0.1) is 0 Å². The smallest absolute Gasteiger partial charge is 0.317 e. The number of amides is 2. The summed E-state index contributed by atoms with van der Waals surface area (Å²) in [4.78, 5) is 16.4. The van der Waals surface area contributed by atoms with Crippen molar-refractivity contribution in [2.24, 2.45) is 0 Å². The maximum atomic E-state index is 12.1. The average Bonchev–Trinajstić information content (AvgIpc) is 3.06. The number of carbonyl (C=O) groups excluding carboxylic acids is 1. The maximum absolute atomic E-state index is 12.1. The minimum atomic E-state index is -0.901. The van der Waals surface area contributed by atoms with Crippen LogP contribution in [0.4, 0.5) is 4.79 Å². The second-order valence-corrected chi connectivity index (χ2v) is 8.33. The van der Waals surface area contributed by atoms with E-state index in [1.807, 2.05) is 11.8 Å². The van der Waals surface area contributed by atoms with Crippen LogP contribution in [0.25, 0.3) is 0 Å². The Morgan fingerprint density at radius 2 is 2.05 bits per heavy atom. The summed E-state index contributed by atoms with van der Waals surface area (Å²) in [5.74, 6) is 0. The van der Waals surface area contributed by atoms with Crippen LogP contribution in [-0.4, -0.2) is 64.3 Å². The number of urea groups is 1. The first-order valence-corrected chi connectivity index (χ1v) is 10.2. The monoisotopic (exact) mass is 343 g/mol. The first kappa shape index (κ1) is 17.4. The molecule has 0 radical (unpaired) electrons. The van der Waals surface area contributed by atoms with Crippen LogP contribution in [0.5, 0.6) is 0 Å². The molecule has 0 saturated carbocycles. The molecule has 2 heterocycles. The molecule has 1 aromatic rings. The predicted octanol–water partition coefficient (Wildman–Crippen LogP) is 1.90. The normalized spacial score (nSPS) is 20.4. The highest BCUT2D eigenvalue weighted by atomic mass is 32.2. The van der Waals surface area contributed by atoms with E-state index in [4.69, 9.17) is 0 Å². The summed E-state index contributed by atoms with van der Waals surface area (Å²) < 4.78 is 11.3. The number of nitrogens with zero attached hydrogens (tertiary/aromatic N) is 2. The number of hydrogen-bond acceptors (Lipinski definition) is 4. The van der Waals surface area contributed by atoms with Crippen molar-refractivity contribution in [1.82, 2.24) is 15.1 Å². The van der Waals surface area contributed by atoms with Crippen molar-refractivity contribution in [2.75, 3.05) is 39.0 Å². The zero-order chi connectivity index (χ0) is 16.1. The van der Waals surface area contributed by atoms with Gasteiger partial charge in [0, 0.05) is 61.1 Å². The van der Waals surface area contributed by atoms with Crippen LogP contribution in [-0.2, 0) is 10.8 Å². The fourth-order valence-corrected chi connectivity index (χ4v) is 3.56. The fourth-order valence-electron chi connectivity index (χ4n) is 2.50. The van der Waals surface area contributed by atoms with E-state index >= 15 is 0 Å². The molecule has 1 saturated heterocycles. The van der Waals surface area contributed by atoms with Gasteiger partial charge < -0.3 is 10.2 Å². The largest absolute Gasteiger partial charge is 0.337 e. The molecule has 0 bridgehead atoms. The Balaban J connectivity index is 1.77. The molecule has 7 heteroatoms. The Hall–Kier alpha value is -0.920. The Morgan fingerprint density at radius 1 is 1.36 bits per heavy atom. The molecule has 5 nitrogen and oxygen atoms in total. The number of hydrogen-bond donors (Lipinski definition) is 1. The lowest BCUT2D eigenvalue weighted by molar-refractivity contribution is 0.114. The van der Waals surface area contributed by atoms with E-state index in [2.05, 4.69) is 34.0 Å². The van der Waals surface area contributed by atoms with Crippen molar-refractivity contribution < 1.29 is 9.00 Å². The van der Waals surface area contributed by atoms with Gasteiger partial charge in [0.05, 0.1) is 0 Å². The lowest BCUT2D eigenvalue weighted by Gasteiger charge is -2.38. The van der Waals surface area contributed by atoms with E-state index in [0.29, 0.717) is 12.6 Å². The van der Waals surface area contributed by atoms with Gasteiger partial charge in [-0.15, -0.1) is 0 Å². The number of carbonyl (C=O) groups is 1. The topological polar surface area (TPSA) is 52.6 Å².